The maximum absolute atomic E-state index is 12.3. The molecule has 1 aromatic heterocycles. The number of ether oxygens (including phenoxy) is 1. The predicted molar refractivity (Wildman–Crippen MR) is 130 cm³/mol. The van der Waals surface area contributed by atoms with Gasteiger partial charge in [-0.05, 0) is 40.8 Å². The molecular weight excluding hydrogens is 410 g/mol. The Hall–Kier alpha value is -4.12. The van der Waals surface area contributed by atoms with Gasteiger partial charge in [-0.2, -0.15) is 5.10 Å². The van der Waals surface area contributed by atoms with Gasteiger partial charge in [-0.3, -0.25) is 0 Å². The first-order chi connectivity index (χ1) is 16.2. The number of rotatable bonds is 6. The van der Waals surface area contributed by atoms with E-state index in [0.29, 0.717) is 13.2 Å². The van der Waals surface area contributed by atoms with E-state index in [1.54, 1.807) is 6.20 Å². The molecule has 164 valence electrons. The molecule has 1 N–H and O–H groups in total. The number of hydrogen-bond acceptors (Lipinski definition) is 3. The van der Waals surface area contributed by atoms with Crippen LogP contribution >= 0.6 is 0 Å². The van der Waals surface area contributed by atoms with Crippen LogP contribution in [0.1, 0.15) is 28.2 Å². The number of aromatic nitrogens is 2. The van der Waals surface area contributed by atoms with Gasteiger partial charge >= 0.3 is 6.09 Å². The van der Waals surface area contributed by atoms with Crippen molar-refractivity contribution in [3.8, 4) is 16.8 Å². The second kappa shape index (κ2) is 9.17. The van der Waals surface area contributed by atoms with Crippen molar-refractivity contribution < 1.29 is 9.53 Å². The van der Waals surface area contributed by atoms with Crippen LogP contribution in [0.25, 0.3) is 22.9 Å². The molecule has 0 spiro atoms. The largest absolute Gasteiger partial charge is 0.449 e. The summed E-state index contributed by atoms with van der Waals surface area (Å²) in [5, 5.41) is 7.22. The standard InChI is InChI=1S/C28H25N3O2/c1-20-9-2-7-15-27(20)31-18-21(17-30-31)10-8-16-29-28(32)33-19-26-24-13-5-3-11-22(24)23-12-4-6-14-25(23)26/h2-15,17-18,26H,16,19H2,1H3,(H,29,32). The summed E-state index contributed by atoms with van der Waals surface area (Å²) in [5.74, 6) is 0.0611. The lowest BCUT2D eigenvalue weighted by Gasteiger charge is -2.14. The highest BCUT2D eigenvalue weighted by Gasteiger charge is 2.28. The molecule has 0 saturated carbocycles. The second-order valence-electron chi connectivity index (χ2n) is 8.11. The first kappa shape index (κ1) is 20.8. The van der Waals surface area contributed by atoms with E-state index in [2.05, 4.69) is 47.7 Å². The predicted octanol–water partition coefficient (Wildman–Crippen LogP) is 5.73. The summed E-state index contributed by atoms with van der Waals surface area (Å²) in [4.78, 5) is 12.3. The number of benzene rings is 3. The number of nitrogens with zero attached hydrogens (tertiary/aromatic N) is 2. The maximum atomic E-state index is 12.3. The Bertz CT molecular complexity index is 1280. The summed E-state index contributed by atoms with van der Waals surface area (Å²) in [6.07, 6.45) is 7.17. The fourth-order valence-electron chi connectivity index (χ4n) is 4.36. The Balaban J connectivity index is 1.15. The Morgan fingerprint density at radius 3 is 2.39 bits per heavy atom. The number of alkyl carbamates (subject to hydrolysis) is 1. The Morgan fingerprint density at radius 2 is 1.67 bits per heavy atom. The molecule has 4 aromatic rings. The molecule has 1 amide bonds. The zero-order valence-corrected chi connectivity index (χ0v) is 18.4. The van der Waals surface area contributed by atoms with Crippen LogP contribution in [0.4, 0.5) is 4.79 Å². The molecule has 5 rings (SSSR count). The molecule has 0 radical (unpaired) electrons. The molecular formula is C28H25N3O2. The Labute approximate surface area is 193 Å². The minimum Gasteiger partial charge on any atom is -0.449 e. The average Bonchev–Trinajstić information content (AvgIpc) is 3.44. The van der Waals surface area contributed by atoms with E-state index < -0.39 is 6.09 Å². The molecule has 1 aliphatic carbocycles. The molecule has 1 aliphatic rings. The molecule has 5 nitrogen and oxygen atoms in total. The van der Waals surface area contributed by atoms with E-state index in [1.165, 1.54) is 22.3 Å². The molecule has 5 heteroatoms. The van der Waals surface area contributed by atoms with E-state index in [4.69, 9.17) is 4.74 Å². The highest BCUT2D eigenvalue weighted by Crippen LogP contribution is 2.44. The molecule has 1 heterocycles. The van der Waals surface area contributed by atoms with Crippen molar-refractivity contribution in [3.63, 3.8) is 0 Å². The Kier molecular flexibility index (Phi) is 5.77. The summed E-state index contributed by atoms with van der Waals surface area (Å²) in [7, 11) is 0. The number of hydrogen-bond donors (Lipinski definition) is 1. The fraction of sp³-hybridized carbons (Fsp3) is 0.143. The summed E-state index contributed by atoms with van der Waals surface area (Å²) in [6.45, 7) is 2.75. The number of carbonyl (C=O) groups excluding carboxylic acids is 1. The molecule has 0 fully saturated rings. The molecule has 33 heavy (non-hydrogen) atoms. The summed E-state index contributed by atoms with van der Waals surface area (Å²) >= 11 is 0. The van der Waals surface area contributed by atoms with Crippen LogP contribution in [0.5, 0.6) is 0 Å². The van der Waals surface area contributed by atoms with Crippen molar-refractivity contribution in [2.45, 2.75) is 12.8 Å². The second-order valence-corrected chi connectivity index (χ2v) is 8.11. The first-order valence-electron chi connectivity index (χ1n) is 11.1. The third-order valence-electron chi connectivity index (χ3n) is 5.98. The van der Waals surface area contributed by atoms with Gasteiger partial charge in [0.2, 0.25) is 0 Å². The maximum Gasteiger partial charge on any atom is 0.407 e. The van der Waals surface area contributed by atoms with E-state index in [9.17, 15) is 4.79 Å². The van der Waals surface area contributed by atoms with Gasteiger partial charge < -0.3 is 10.1 Å². The monoisotopic (exact) mass is 435 g/mol. The van der Waals surface area contributed by atoms with Gasteiger partial charge in [0, 0.05) is 24.2 Å². The van der Waals surface area contributed by atoms with Crippen LogP contribution in [0.3, 0.4) is 0 Å². The molecule has 0 atom stereocenters. The quantitative estimate of drug-likeness (QED) is 0.421. The zero-order valence-electron chi connectivity index (χ0n) is 18.4. The van der Waals surface area contributed by atoms with E-state index in [1.807, 2.05) is 65.5 Å². The summed E-state index contributed by atoms with van der Waals surface area (Å²) in [6, 6.07) is 24.7. The van der Waals surface area contributed by atoms with Gasteiger partial charge in [0.1, 0.15) is 6.61 Å². The lowest BCUT2D eigenvalue weighted by Crippen LogP contribution is -2.26. The van der Waals surface area contributed by atoms with Gasteiger partial charge in [0.05, 0.1) is 11.9 Å². The van der Waals surface area contributed by atoms with Crippen molar-refractivity contribution in [1.29, 1.82) is 0 Å². The highest BCUT2D eigenvalue weighted by molar-refractivity contribution is 5.79. The number of carbonyl (C=O) groups is 1. The minimum atomic E-state index is -0.419. The van der Waals surface area contributed by atoms with Crippen LogP contribution < -0.4 is 5.32 Å². The summed E-state index contributed by atoms with van der Waals surface area (Å²) in [5.41, 5.74) is 8.02. The van der Waals surface area contributed by atoms with Gasteiger partial charge in [-0.1, -0.05) is 78.9 Å². The van der Waals surface area contributed by atoms with Crippen LogP contribution in [0.15, 0.2) is 91.3 Å². The lowest BCUT2D eigenvalue weighted by atomic mass is 9.98. The fourth-order valence-corrected chi connectivity index (χ4v) is 4.36. The van der Waals surface area contributed by atoms with Crippen LogP contribution in [0, 0.1) is 6.92 Å². The number of amides is 1. The SMILES string of the molecule is Cc1ccccc1-n1cc(C=CCNC(=O)OCC2c3ccccc3-c3ccccc32)cn1. The van der Waals surface area contributed by atoms with Crippen molar-refractivity contribution >= 4 is 12.2 Å². The highest BCUT2D eigenvalue weighted by atomic mass is 16.5. The molecule has 3 aromatic carbocycles. The van der Waals surface area contributed by atoms with E-state index in [0.717, 1.165) is 16.8 Å². The van der Waals surface area contributed by atoms with E-state index in [-0.39, 0.29) is 5.92 Å². The smallest absolute Gasteiger partial charge is 0.407 e. The molecule has 0 bridgehead atoms. The number of nitrogens with one attached hydrogen (secondary N) is 1. The minimum absolute atomic E-state index is 0.0611. The van der Waals surface area contributed by atoms with Gasteiger partial charge in [-0.25, -0.2) is 9.48 Å². The van der Waals surface area contributed by atoms with Gasteiger partial charge in [-0.15, -0.1) is 0 Å². The van der Waals surface area contributed by atoms with Crippen molar-refractivity contribution in [3.05, 3.63) is 114 Å². The molecule has 0 unspecified atom stereocenters. The van der Waals surface area contributed by atoms with Gasteiger partial charge in [0.15, 0.2) is 0 Å². The van der Waals surface area contributed by atoms with Crippen LogP contribution in [-0.4, -0.2) is 29.0 Å². The summed E-state index contributed by atoms with van der Waals surface area (Å²) < 4.78 is 7.42. The average molecular weight is 436 g/mol. The van der Waals surface area contributed by atoms with Crippen LogP contribution in [-0.2, 0) is 4.74 Å². The van der Waals surface area contributed by atoms with Crippen molar-refractivity contribution in [2.24, 2.45) is 0 Å². The third-order valence-corrected chi connectivity index (χ3v) is 5.98. The normalized spacial score (nSPS) is 12.5. The van der Waals surface area contributed by atoms with E-state index >= 15 is 0 Å². The third kappa shape index (κ3) is 4.30. The topological polar surface area (TPSA) is 56.2 Å². The molecule has 0 aliphatic heterocycles. The molecule has 0 saturated heterocycles. The Morgan fingerprint density at radius 1 is 1.00 bits per heavy atom. The van der Waals surface area contributed by atoms with Crippen molar-refractivity contribution in [2.75, 3.05) is 13.2 Å². The zero-order chi connectivity index (χ0) is 22.6. The number of aryl methyl sites for hydroxylation is 1. The van der Waals surface area contributed by atoms with Gasteiger partial charge in [0.25, 0.3) is 0 Å². The van der Waals surface area contributed by atoms with Crippen molar-refractivity contribution in [1.82, 2.24) is 15.1 Å². The number of para-hydroxylation sites is 1. The lowest BCUT2D eigenvalue weighted by molar-refractivity contribution is 0.144. The van der Waals surface area contributed by atoms with Crippen LogP contribution in [0.2, 0.25) is 0 Å². The first-order valence-corrected chi connectivity index (χ1v) is 11.1. The number of fused-ring (bicyclic) bond motifs is 3.